The summed E-state index contributed by atoms with van der Waals surface area (Å²) < 4.78 is 44.4. The van der Waals surface area contributed by atoms with Gasteiger partial charge in [-0.05, 0) is 20.8 Å². The molecule has 1 aromatic carbocycles. The predicted octanol–water partition coefficient (Wildman–Crippen LogP) is 3.99. The van der Waals surface area contributed by atoms with E-state index in [1.807, 2.05) is 0 Å². The number of nitrogens with one attached hydrogen (secondary N) is 1. The maximum Gasteiger partial charge on any atom is 0.410 e. The van der Waals surface area contributed by atoms with Gasteiger partial charge >= 0.3 is 6.09 Å². The normalized spacial score (nSPS) is 14.4. The molecular weight excluding hydrogens is 426 g/mol. The van der Waals surface area contributed by atoms with Crippen LogP contribution in [0.3, 0.4) is 0 Å². The Morgan fingerprint density at radius 2 is 1.97 bits per heavy atom. The van der Waals surface area contributed by atoms with Crippen molar-refractivity contribution >= 4 is 17.6 Å². The van der Waals surface area contributed by atoms with Crippen LogP contribution in [0.5, 0.6) is 17.4 Å². The lowest BCUT2D eigenvalue weighted by Gasteiger charge is -2.31. The summed E-state index contributed by atoms with van der Waals surface area (Å²) in [6.07, 6.45) is 1.28. The number of anilines is 2. The maximum atomic E-state index is 14.3. The zero-order chi connectivity index (χ0) is 23.3. The molecule has 1 fully saturated rings. The van der Waals surface area contributed by atoms with E-state index in [4.69, 9.17) is 14.2 Å². The number of aromatic hydroxyl groups is 1. The zero-order valence-electron chi connectivity index (χ0n) is 18.1. The van der Waals surface area contributed by atoms with Gasteiger partial charge in [-0.3, -0.25) is 0 Å². The van der Waals surface area contributed by atoms with Crippen molar-refractivity contribution in [3.05, 3.63) is 30.1 Å². The van der Waals surface area contributed by atoms with Gasteiger partial charge in [0.15, 0.2) is 23.2 Å². The lowest BCUT2D eigenvalue weighted by atomic mass is 10.1. The smallest absolute Gasteiger partial charge is 0.410 e. The molecule has 0 bridgehead atoms. The van der Waals surface area contributed by atoms with Gasteiger partial charge in [-0.2, -0.15) is 4.98 Å². The Kier molecular flexibility index (Phi) is 7.49. The summed E-state index contributed by atoms with van der Waals surface area (Å²) in [7, 11) is 0. The highest BCUT2D eigenvalue weighted by atomic mass is 19.1. The lowest BCUT2D eigenvalue weighted by molar-refractivity contribution is 0.0500. The fourth-order valence-corrected chi connectivity index (χ4v) is 3.15. The molecule has 0 unspecified atom stereocenters. The number of aromatic nitrogens is 2. The monoisotopic (exact) mass is 452 g/mol. The molecule has 3 rings (SSSR count). The van der Waals surface area contributed by atoms with Crippen molar-refractivity contribution in [3.8, 4) is 17.4 Å². The maximum absolute atomic E-state index is 14.3. The van der Waals surface area contributed by atoms with Crippen LogP contribution in [0, 0.1) is 11.6 Å². The molecule has 1 saturated heterocycles. The van der Waals surface area contributed by atoms with Crippen LogP contribution in [0.4, 0.5) is 25.1 Å². The van der Waals surface area contributed by atoms with Crippen LogP contribution in [-0.2, 0) is 4.74 Å². The minimum absolute atomic E-state index is 0.0995. The van der Waals surface area contributed by atoms with Gasteiger partial charge in [-0.25, -0.2) is 18.6 Å². The molecule has 11 heteroatoms. The molecule has 2 N–H and O–H groups in total. The van der Waals surface area contributed by atoms with E-state index in [1.165, 1.54) is 0 Å². The topological polar surface area (TPSA) is 106 Å². The van der Waals surface area contributed by atoms with Gasteiger partial charge in [-0.15, -0.1) is 0 Å². The van der Waals surface area contributed by atoms with E-state index < -0.39 is 17.4 Å². The first-order chi connectivity index (χ1) is 15.3. The second kappa shape index (κ2) is 10.3. The molecule has 1 amide bonds. The number of hydrogen-bond donors (Lipinski definition) is 2. The molecule has 174 valence electrons. The quantitative estimate of drug-likeness (QED) is 0.650. The number of carbonyl (C=O) groups excluding carboxylic acids is 1. The molecule has 32 heavy (non-hydrogen) atoms. The van der Waals surface area contributed by atoms with Gasteiger partial charge in [0.25, 0.3) is 5.88 Å². The summed E-state index contributed by atoms with van der Waals surface area (Å²) in [6.45, 7) is 6.28. The third-order valence-electron chi connectivity index (χ3n) is 4.68. The van der Waals surface area contributed by atoms with E-state index in [-0.39, 0.29) is 48.0 Å². The molecule has 0 spiro atoms. The Hall–Kier alpha value is -3.37. The second-order valence-electron chi connectivity index (χ2n) is 7.43. The van der Waals surface area contributed by atoms with Crippen LogP contribution >= 0.6 is 0 Å². The highest BCUT2D eigenvalue weighted by Crippen LogP contribution is 2.35. The third kappa shape index (κ3) is 5.65. The number of hydrogen-bond acceptors (Lipinski definition) is 8. The molecule has 0 saturated carbocycles. The van der Waals surface area contributed by atoms with Crippen LogP contribution in [0.15, 0.2) is 18.5 Å². The molecule has 0 radical (unpaired) electrons. The van der Waals surface area contributed by atoms with Crippen LogP contribution < -0.4 is 14.8 Å². The van der Waals surface area contributed by atoms with Crippen molar-refractivity contribution in [1.29, 1.82) is 0 Å². The van der Waals surface area contributed by atoms with E-state index in [0.717, 1.165) is 18.5 Å². The van der Waals surface area contributed by atoms with Crippen LogP contribution in [-0.4, -0.2) is 58.0 Å². The fraction of sp³-hybridized carbons (Fsp3) is 0.476. The predicted molar refractivity (Wildman–Crippen MR) is 111 cm³/mol. The Morgan fingerprint density at radius 1 is 1.25 bits per heavy atom. The fourth-order valence-electron chi connectivity index (χ4n) is 3.15. The number of amides is 1. The van der Waals surface area contributed by atoms with E-state index >= 15 is 0 Å². The number of piperidine rings is 1. The minimum Gasteiger partial charge on any atom is -0.501 e. The van der Waals surface area contributed by atoms with Gasteiger partial charge in [0.1, 0.15) is 12.4 Å². The SMILES string of the molecule is CCOc1cc(F)c(Nc2ncnc(OC3CCN(C(=O)OC(C)C)CC3)c2O)cc1F. The van der Waals surface area contributed by atoms with Crippen LogP contribution in [0.25, 0.3) is 0 Å². The number of nitrogens with zero attached hydrogens (tertiary/aromatic N) is 3. The van der Waals surface area contributed by atoms with Crippen LogP contribution in [0.2, 0.25) is 0 Å². The summed E-state index contributed by atoms with van der Waals surface area (Å²) in [4.78, 5) is 21.4. The average molecular weight is 452 g/mol. The number of halogens is 2. The standard InChI is InChI=1S/C21H26F2N4O5/c1-4-30-17-10-14(22)16(9-15(17)23)26-19-18(28)20(25-11-24-19)32-13-5-7-27(8-6-13)21(29)31-12(2)3/h9-13,28H,4-8H2,1-3H3,(H,24,25,26). The van der Waals surface area contributed by atoms with E-state index in [9.17, 15) is 18.7 Å². The van der Waals surface area contributed by atoms with Crippen molar-refractivity contribution in [3.63, 3.8) is 0 Å². The van der Waals surface area contributed by atoms with E-state index in [2.05, 4.69) is 15.3 Å². The number of benzene rings is 1. The molecule has 1 aliphatic rings. The molecular formula is C21H26F2N4O5. The summed E-state index contributed by atoms with van der Waals surface area (Å²) in [5, 5.41) is 13.0. The highest BCUT2D eigenvalue weighted by molar-refractivity contribution is 5.68. The Labute approximate surface area is 184 Å². The Balaban J connectivity index is 1.65. The molecule has 1 aliphatic heterocycles. The molecule has 2 heterocycles. The van der Waals surface area contributed by atoms with E-state index in [1.54, 1.807) is 25.7 Å². The van der Waals surface area contributed by atoms with Gasteiger partial charge in [0.2, 0.25) is 5.75 Å². The first-order valence-electron chi connectivity index (χ1n) is 10.3. The number of ether oxygens (including phenoxy) is 3. The lowest BCUT2D eigenvalue weighted by Crippen LogP contribution is -2.42. The van der Waals surface area contributed by atoms with Crippen molar-refractivity contribution in [2.24, 2.45) is 0 Å². The number of likely N-dealkylation sites (tertiary alicyclic amines) is 1. The number of carbonyl (C=O) groups is 1. The first kappa shape index (κ1) is 23.3. The third-order valence-corrected chi connectivity index (χ3v) is 4.68. The minimum atomic E-state index is -0.781. The number of rotatable bonds is 7. The summed E-state index contributed by atoms with van der Waals surface area (Å²) in [5.74, 6) is -2.44. The van der Waals surface area contributed by atoms with Gasteiger partial charge in [0.05, 0.1) is 18.4 Å². The average Bonchev–Trinajstić information content (AvgIpc) is 2.74. The van der Waals surface area contributed by atoms with Gasteiger partial charge in [-0.1, -0.05) is 0 Å². The van der Waals surface area contributed by atoms with Crippen molar-refractivity contribution in [1.82, 2.24) is 14.9 Å². The summed E-state index contributed by atoms with van der Waals surface area (Å²) in [5.41, 5.74) is -0.233. The second-order valence-corrected chi connectivity index (χ2v) is 7.43. The molecule has 0 atom stereocenters. The van der Waals surface area contributed by atoms with Crippen molar-refractivity contribution in [2.45, 2.75) is 45.8 Å². The summed E-state index contributed by atoms with van der Waals surface area (Å²) >= 11 is 0. The largest absolute Gasteiger partial charge is 0.501 e. The first-order valence-corrected chi connectivity index (χ1v) is 10.3. The molecule has 9 nitrogen and oxygen atoms in total. The van der Waals surface area contributed by atoms with Crippen molar-refractivity contribution in [2.75, 3.05) is 25.0 Å². The highest BCUT2D eigenvalue weighted by Gasteiger charge is 2.27. The Bertz CT molecular complexity index is 952. The Morgan fingerprint density at radius 3 is 2.62 bits per heavy atom. The van der Waals surface area contributed by atoms with Gasteiger partial charge in [0, 0.05) is 38.1 Å². The van der Waals surface area contributed by atoms with Gasteiger partial charge < -0.3 is 29.5 Å². The van der Waals surface area contributed by atoms with E-state index in [0.29, 0.717) is 25.9 Å². The zero-order valence-corrected chi connectivity index (χ0v) is 18.1. The summed E-state index contributed by atoms with van der Waals surface area (Å²) in [6, 6.07) is 1.82. The molecule has 2 aromatic rings. The molecule has 0 aliphatic carbocycles. The molecule has 1 aromatic heterocycles. The van der Waals surface area contributed by atoms with Crippen molar-refractivity contribution < 1.29 is 32.9 Å². The van der Waals surface area contributed by atoms with Crippen LogP contribution in [0.1, 0.15) is 33.6 Å².